The van der Waals surface area contributed by atoms with Crippen LogP contribution in [0.25, 0.3) is 0 Å². The third-order valence-electron chi connectivity index (χ3n) is 2.58. The maximum absolute atomic E-state index is 13.1. The van der Waals surface area contributed by atoms with E-state index in [1.54, 1.807) is 13.0 Å². The first-order chi connectivity index (χ1) is 8.47. The first kappa shape index (κ1) is 12.8. The Bertz CT molecular complexity index is 602. The van der Waals surface area contributed by atoms with Crippen molar-refractivity contribution < 1.29 is 9.13 Å². The monoisotopic (exact) mass is 266 g/mol. The van der Waals surface area contributed by atoms with Gasteiger partial charge in [-0.05, 0) is 44.5 Å². The lowest BCUT2D eigenvalue weighted by Gasteiger charge is -2.09. The van der Waals surface area contributed by atoms with Crippen molar-refractivity contribution in [1.82, 2.24) is 9.97 Å². The van der Waals surface area contributed by atoms with E-state index in [4.69, 9.17) is 16.3 Å². The molecule has 0 spiro atoms. The average molecular weight is 267 g/mol. The van der Waals surface area contributed by atoms with Crippen LogP contribution in [0.2, 0.25) is 5.15 Å². The van der Waals surface area contributed by atoms with Gasteiger partial charge >= 0.3 is 0 Å². The zero-order valence-corrected chi connectivity index (χ0v) is 11.0. The second kappa shape index (κ2) is 4.90. The molecule has 0 saturated heterocycles. The zero-order valence-electron chi connectivity index (χ0n) is 10.3. The smallest absolute Gasteiger partial charge is 0.257 e. The van der Waals surface area contributed by atoms with Crippen LogP contribution in [0.1, 0.15) is 17.0 Å². The molecule has 0 bridgehead atoms. The van der Waals surface area contributed by atoms with Crippen LogP contribution in [0.15, 0.2) is 18.2 Å². The van der Waals surface area contributed by atoms with Crippen LogP contribution in [0, 0.1) is 26.6 Å². The van der Waals surface area contributed by atoms with Crippen LogP contribution < -0.4 is 4.74 Å². The van der Waals surface area contributed by atoms with Gasteiger partial charge in [0.15, 0.2) is 5.15 Å². The summed E-state index contributed by atoms with van der Waals surface area (Å²) in [5, 5.41) is 0.195. The van der Waals surface area contributed by atoms with E-state index in [0.29, 0.717) is 11.3 Å². The molecule has 0 unspecified atom stereocenters. The second-order valence-corrected chi connectivity index (χ2v) is 4.36. The highest BCUT2D eigenvalue weighted by atomic mass is 35.5. The summed E-state index contributed by atoms with van der Waals surface area (Å²) in [7, 11) is 0. The molecule has 0 aliphatic rings. The van der Waals surface area contributed by atoms with E-state index >= 15 is 0 Å². The molecule has 5 heteroatoms. The van der Waals surface area contributed by atoms with E-state index in [9.17, 15) is 4.39 Å². The van der Waals surface area contributed by atoms with Gasteiger partial charge in [-0.15, -0.1) is 0 Å². The number of ether oxygens (including phenoxy) is 1. The van der Waals surface area contributed by atoms with Gasteiger partial charge in [0.05, 0.1) is 11.4 Å². The summed E-state index contributed by atoms with van der Waals surface area (Å²) >= 11 is 5.95. The minimum Gasteiger partial charge on any atom is -0.436 e. The van der Waals surface area contributed by atoms with Gasteiger partial charge in [0.1, 0.15) is 11.6 Å². The summed E-state index contributed by atoms with van der Waals surface area (Å²) in [6.45, 7) is 5.30. The highest BCUT2D eigenvalue weighted by Crippen LogP contribution is 2.27. The Morgan fingerprint density at radius 2 is 1.78 bits per heavy atom. The summed E-state index contributed by atoms with van der Waals surface area (Å²) in [4.78, 5) is 8.32. The van der Waals surface area contributed by atoms with Crippen LogP contribution >= 0.6 is 11.6 Å². The minimum absolute atomic E-state index is 0.195. The molecule has 0 N–H and O–H groups in total. The molecule has 0 fully saturated rings. The molecule has 94 valence electrons. The molecular weight excluding hydrogens is 255 g/mol. The number of hydrogen-bond donors (Lipinski definition) is 0. The molecular formula is C13H12ClFN2O. The molecule has 0 radical (unpaired) electrons. The third-order valence-corrected chi connectivity index (χ3v) is 2.83. The summed E-state index contributed by atoms with van der Waals surface area (Å²) in [6, 6.07) is 4.45. The molecule has 1 aromatic heterocycles. The van der Waals surface area contributed by atoms with Crippen molar-refractivity contribution in [2.45, 2.75) is 20.8 Å². The van der Waals surface area contributed by atoms with Gasteiger partial charge in [-0.3, -0.25) is 0 Å². The average Bonchev–Trinajstić information content (AvgIpc) is 2.31. The Morgan fingerprint density at radius 1 is 1.11 bits per heavy atom. The SMILES string of the molecule is Cc1cc(Oc2nc(C)c(C)nc2Cl)ccc1F. The normalized spacial score (nSPS) is 10.5. The summed E-state index contributed by atoms with van der Waals surface area (Å²) in [6.07, 6.45) is 0. The van der Waals surface area contributed by atoms with Crippen molar-refractivity contribution in [1.29, 1.82) is 0 Å². The first-order valence-corrected chi connectivity index (χ1v) is 5.80. The van der Waals surface area contributed by atoms with Crippen molar-refractivity contribution in [3.63, 3.8) is 0 Å². The van der Waals surface area contributed by atoms with Gasteiger partial charge in [0.25, 0.3) is 5.88 Å². The highest BCUT2D eigenvalue weighted by molar-refractivity contribution is 6.30. The van der Waals surface area contributed by atoms with Crippen LogP contribution in [-0.4, -0.2) is 9.97 Å². The minimum atomic E-state index is -0.278. The van der Waals surface area contributed by atoms with Crippen LogP contribution in [0.3, 0.4) is 0 Å². The Hall–Kier alpha value is -1.68. The Kier molecular flexibility index (Phi) is 3.48. The van der Waals surface area contributed by atoms with Gasteiger partial charge < -0.3 is 4.74 Å². The van der Waals surface area contributed by atoms with Crippen LogP contribution in [-0.2, 0) is 0 Å². The Balaban J connectivity index is 2.34. The number of rotatable bonds is 2. The van der Waals surface area contributed by atoms with E-state index in [1.165, 1.54) is 12.1 Å². The Morgan fingerprint density at radius 3 is 2.44 bits per heavy atom. The molecule has 1 aromatic carbocycles. The molecule has 2 aromatic rings. The molecule has 0 saturated carbocycles. The van der Waals surface area contributed by atoms with E-state index in [1.807, 2.05) is 13.8 Å². The zero-order chi connectivity index (χ0) is 13.3. The van der Waals surface area contributed by atoms with Crippen LogP contribution in [0.5, 0.6) is 11.6 Å². The molecule has 0 aliphatic heterocycles. The Labute approximate surface area is 110 Å². The standard InChI is InChI=1S/C13H12ClFN2O/c1-7-6-10(4-5-11(7)15)18-13-12(14)16-8(2)9(3)17-13/h4-6H,1-3H3. The highest BCUT2D eigenvalue weighted by Gasteiger charge is 2.10. The van der Waals surface area contributed by atoms with Crippen molar-refractivity contribution in [3.8, 4) is 11.6 Å². The van der Waals surface area contributed by atoms with Crippen molar-refractivity contribution >= 4 is 11.6 Å². The van der Waals surface area contributed by atoms with Gasteiger partial charge in [-0.25, -0.2) is 14.4 Å². The number of benzene rings is 1. The quantitative estimate of drug-likeness (QED) is 0.824. The lowest BCUT2D eigenvalue weighted by atomic mass is 10.2. The van der Waals surface area contributed by atoms with Crippen LogP contribution in [0.4, 0.5) is 4.39 Å². The molecule has 0 atom stereocenters. The fourth-order valence-corrected chi connectivity index (χ4v) is 1.62. The molecule has 0 aliphatic carbocycles. The predicted molar refractivity (Wildman–Crippen MR) is 67.7 cm³/mol. The summed E-state index contributed by atoms with van der Waals surface area (Å²) in [5.41, 5.74) is 2.00. The maximum atomic E-state index is 13.1. The van der Waals surface area contributed by atoms with E-state index in [2.05, 4.69) is 9.97 Å². The number of nitrogens with zero attached hydrogens (tertiary/aromatic N) is 2. The van der Waals surface area contributed by atoms with E-state index < -0.39 is 0 Å². The topological polar surface area (TPSA) is 35.0 Å². The number of hydrogen-bond acceptors (Lipinski definition) is 3. The summed E-state index contributed by atoms with van der Waals surface area (Å²) < 4.78 is 18.6. The summed E-state index contributed by atoms with van der Waals surface area (Å²) in [5.74, 6) is 0.429. The van der Waals surface area contributed by atoms with Gasteiger partial charge in [-0.2, -0.15) is 0 Å². The number of aromatic nitrogens is 2. The number of halogens is 2. The van der Waals surface area contributed by atoms with Gasteiger partial charge in [0, 0.05) is 0 Å². The lowest BCUT2D eigenvalue weighted by Crippen LogP contribution is -1.97. The van der Waals surface area contributed by atoms with Gasteiger partial charge in [0.2, 0.25) is 0 Å². The molecule has 3 nitrogen and oxygen atoms in total. The fourth-order valence-electron chi connectivity index (χ4n) is 1.41. The fraction of sp³-hybridized carbons (Fsp3) is 0.231. The maximum Gasteiger partial charge on any atom is 0.257 e. The van der Waals surface area contributed by atoms with Crippen molar-refractivity contribution in [3.05, 3.63) is 46.1 Å². The predicted octanol–water partition coefficient (Wildman–Crippen LogP) is 3.99. The molecule has 2 rings (SSSR count). The third kappa shape index (κ3) is 2.59. The van der Waals surface area contributed by atoms with Gasteiger partial charge in [-0.1, -0.05) is 11.6 Å². The second-order valence-electron chi connectivity index (χ2n) is 4.00. The molecule has 1 heterocycles. The largest absolute Gasteiger partial charge is 0.436 e. The lowest BCUT2D eigenvalue weighted by molar-refractivity contribution is 0.456. The van der Waals surface area contributed by atoms with E-state index in [0.717, 1.165) is 11.4 Å². The molecule has 18 heavy (non-hydrogen) atoms. The van der Waals surface area contributed by atoms with Crippen molar-refractivity contribution in [2.75, 3.05) is 0 Å². The molecule has 0 amide bonds. The first-order valence-electron chi connectivity index (χ1n) is 5.42. The van der Waals surface area contributed by atoms with E-state index in [-0.39, 0.29) is 16.9 Å². The number of aryl methyl sites for hydroxylation is 3. The van der Waals surface area contributed by atoms with Crippen molar-refractivity contribution in [2.24, 2.45) is 0 Å².